The van der Waals surface area contributed by atoms with Crippen molar-refractivity contribution >= 4 is 23.3 Å². The average molecular weight is 485 g/mol. The van der Waals surface area contributed by atoms with Crippen molar-refractivity contribution in [2.45, 2.75) is 56.4 Å². The van der Waals surface area contributed by atoms with Crippen LogP contribution in [-0.4, -0.2) is 103 Å². The van der Waals surface area contributed by atoms with Gasteiger partial charge in [0.25, 0.3) is 5.91 Å². The molecule has 3 saturated heterocycles. The number of β-amino-alcohol motifs (C(OH)–C–C–N with tert-alkyl or cyclic N) is 1. The van der Waals surface area contributed by atoms with Crippen molar-refractivity contribution in [3.63, 3.8) is 0 Å². The zero-order chi connectivity index (χ0) is 24.5. The van der Waals surface area contributed by atoms with Gasteiger partial charge in [-0.1, -0.05) is 19.3 Å². The van der Waals surface area contributed by atoms with Crippen LogP contribution in [0.3, 0.4) is 0 Å². The number of benzene rings is 1. The molecule has 4 aliphatic rings. The summed E-state index contributed by atoms with van der Waals surface area (Å²) in [5, 5.41) is 13.4. The Hall–Kier alpha value is -2.49. The number of ketones is 1. The average Bonchev–Trinajstić information content (AvgIpc) is 3.43. The summed E-state index contributed by atoms with van der Waals surface area (Å²) in [6.45, 7) is 3.89. The van der Waals surface area contributed by atoms with E-state index in [0.717, 1.165) is 64.0 Å². The van der Waals surface area contributed by atoms with E-state index in [0.29, 0.717) is 5.56 Å². The molecule has 3 aliphatic heterocycles. The molecule has 35 heavy (non-hydrogen) atoms. The number of hydrogen-bond donors (Lipinski definition) is 2. The minimum absolute atomic E-state index is 0.0124. The van der Waals surface area contributed by atoms with E-state index >= 15 is 0 Å². The number of nitrogens with zero attached hydrogens (tertiary/aromatic N) is 3. The fourth-order valence-electron chi connectivity index (χ4n) is 6.00. The van der Waals surface area contributed by atoms with Gasteiger partial charge < -0.3 is 29.9 Å². The lowest BCUT2D eigenvalue weighted by Gasteiger charge is -2.34. The van der Waals surface area contributed by atoms with Crippen molar-refractivity contribution in [3.05, 3.63) is 29.8 Å². The van der Waals surface area contributed by atoms with Gasteiger partial charge in [0, 0.05) is 37.4 Å². The van der Waals surface area contributed by atoms with Gasteiger partial charge >= 0.3 is 0 Å². The van der Waals surface area contributed by atoms with E-state index in [1.54, 1.807) is 0 Å². The SMILES string of the molecule is CN1CCN(c2ccc(C(=O)N[C@H](C(=O)N3C[C@@H](O)[C@H]4OCC(=O)[C@H]43)C3CCCCC3)cc2)CC1. The highest BCUT2D eigenvalue weighted by atomic mass is 16.5. The summed E-state index contributed by atoms with van der Waals surface area (Å²) in [4.78, 5) is 45.4. The minimum Gasteiger partial charge on any atom is -0.388 e. The highest BCUT2D eigenvalue weighted by Crippen LogP contribution is 2.32. The Bertz CT molecular complexity index is 940. The fourth-order valence-corrected chi connectivity index (χ4v) is 6.00. The number of nitrogens with one attached hydrogen (secondary N) is 1. The van der Waals surface area contributed by atoms with Gasteiger partial charge in [-0.05, 0) is 50.1 Å². The van der Waals surface area contributed by atoms with E-state index in [1.807, 2.05) is 24.3 Å². The molecule has 4 fully saturated rings. The van der Waals surface area contributed by atoms with Gasteiger partial charge in [0.1, 0.15) is 30.9 Å². The van der Waals surface area contributed by atoms with Crippen LogP contribution in [0.15, 0.2) is 24.3 Å². The molecule has 0 radical (unpaired) electrons. The topological polar surface area (TPSA) is 102 Å². The minimum atomic E-state index is -0.889. The fraction of sp³-hybridized carbons (Fsp3) is 0.654. The molecule has 0 aromatic heterocycles. The highest BCUT2D eigenvalue weighted by Gasteiger charge is 2.53. The van der Waals surface area contributed by atoms with Gasteiger partial charge in [0.05, 0.1) is 6.54 Å². The molecule has 0 bridgehead atoms. The largest absolute Gasteiger partial charge is 0.388 e. The van der Waals surface area contributed by atoms with E-state index in [4.69, 9.17) is 4.74 Å². The summed E-state index contributed by atoms with van der Waals surface area (Å²) >= 11 is 0. The molecular weight excluding hydrogens is 448 g/mol. The molecule has 5 rings (SSSR count). The number of rotatable bonds is 5. The van der Waals surface area contributed by atoms with Gasteiger partial charge in [0.2, 0.25) is 5.91 Å². The Morgan fingerprint density at radius 1 is 1.06 bits per heavy atom. The highest BCUT2D eigenvalue weighted by molar-refractivity contribution is 5.99. The van der Waals surface area contributed by atoms with E-state index in [2.05, 4.69) is 22.2 Å². The first-order chi connectivity index (χ1) is 16.9. The number of carbonyl (C=O) groups is 3. The number of piperazine rings is 1. The van der Waals surface area contributed by atoms with E-state index in [9.17, 15) is 19.5 Å². The molecule has 0 unspecified atom stereocenters. The first-order valence-electron chi connectivity index (χ1n) is 12.9. The molecule has 9 heteroatoms. The Balaban J connectivity index is 1.31. The van der Waals surface area contributed by atoms with Gasteiger partial charge in [-0.2, -0.15) is 0 Å². The Morgan fingerprint density at radius 3 is 2.43 bits per heavy atom. The molecule has 9 nitrogen and oxygen atoms in total. The van der Waals surface area contributed by atoms with Crippen molar-refractivity contribution in [2.24, 2.45) is 5.92 Å². The van der Waals surface area contributed by atoms with Crippen LogP contribution in [-0.2, 0) is 14.3 Å². The molecular formula is C26H36N4O5. The summed E-state index contributed by atoms with van der Waals surface area (Å²) in [6, 6.07) is 6.08. The van der Waals surface area contributed by atoms with Crippen molar-refractivity contribution in [1.82, 2.24) is 15.1 Å². The Kier molecular flexibility index (Phi) is 7.09. The van der Waals surface area contributed by atoms with Crippen molar-refractivity contribution in [2.75, 3.05) is 51.3 Å². The quantitative estimate of drug-likeness (QED) is 0.633. The van der Waals surface area contributed by atoms with Crippen molar-refractivity contribution in [1.29, 1.82) is 0 Å². The molecule has 1 aromatic carbocycles. The van der Waals surface area contributed by atoms with Gasteiger partial charge in [-0.15, -0.1) is 0 Å². The number of Topliss-reactive ketones (excluding diaryl/α,β-unsaturated/α-hetero) is 1. The summed E-state index contributed by atoms with van der Waals surface area (Å²) in [6.07, 6.45) is 3.30. The van der Waals surface area contributed by atoms with Crippen LogP contribution in [0.4, 0.5) is 5.69 Å². The summed E-state index contributed by atoms with van der Waals surface area (Å²) < 4.78 is 5.44. The number of aliphatic hydroxyl groups is 1. The van der Waals surface area contributed by atoms with Crippen LogP contribution in [0.2, 0.25) is 0 Å². The predicted molar refractivity (Wildman–Crippen MR) is 130 cm³/mol. The number of likely N-dealkylation sites (tertiary alicyclic amines) is 1. The van der Waals surface area contributed by atoms with Crippen LogP contribution >= 0.6 is 0 Å². The molecule has 2 amide bonds. The lowest BCUT2D eigenvalue weighted by Crippen LogP contribution is -2.55. The second kappa shape index (κ2) is 10.2. The molecule has 190 valence electrons. The third kappa shape index (κ3) is 4.94. The third-order valence-electron chi connectivity index (χ3n) is 8.11. The number of anilines is 1. The summed E-state index contributed by atoms with van der Waals surface area (Å²) in [5.74, 6) is -0.750. The van der Waals surface area contributed by atoms with E-state index in [-0.39, 0.29) is 36.7 Å². The van der Waals surface area contributed by atoms with Gasteiger partial charge in [-0.25, -0.2) is 0 Å². The third-order valence-corrected chi connectivity index (χ3v) is 8.11. The molecule has 1 aromatic rings. The molecule has 1 saturated carbocycles. The number of hydrogen-bond acceptors (Lipinski definition) is 7. The molecule has 4 atom stereocenters. The molecule has 1 aliphatic carbocycles. The molecule has 3 heterocycles. The Morgan fingerprint density at radius 2 is 1.74 bits per heavy atom. The normalized spacial score (nSPS) is 28.7. The maximum atomic E-state index is 13.7. The molecule has 2 N–H and O–H groups in total. The van der Waals surface area contributed by atoms with Gasteiger partial charge in [-0.3, -0.25) is 14.4 Å². The van der Waals surface area contributed by atoms with Crippen LogP contribution in [0, 0.1) is 5.92 Å². The lowest BCUT2D eigenvalue weighted by atomic mass is 9.83. The number of likely N-dealkylation sites (N-methyl/N-ethyl adjacent to an activating group) is 1. The van der Waals surface area contributed by atoms with Crippen LogP contribution < -0.4 is 10.2 Å². The smallest absolute Gasteiger partial charge is 0.251 e. The maximum absolute atomic E-state index is 13.7. The monoisotopic (exact) mass is 484 g/mol. The molecule has 0 spiro atoms. The van der Waals surface area contributed by atoms with Gasteiger partial charge in [0.15, 0.2) is 5.78 Å². The van der Waals surface area contributed by atoms with Crippen LogP contribution in [0.25, 0.3) is 0 Å². The van der Waals surface area contributed by atoms with Crippen molar-refractivity contribution in [3.8, 4) is 0 Å². The summed E-state index contributed by atoms with van der Waals surface area (Å²) in [7, 11) is 2.12. The van der Waals surface area contributed by atoms with E-state index in [1.165, 1.54) is 4.90 Å². The second-order valence-electron chi connectivity index (χ2n) is 10.4. The summed E-state index contributed by atoms with van der Waals surface area (Å²) in [5.41, 5.74) is 1.60. The van der Waals surface area contributed by atoms with Crippen molar-refractivity contribution < 1.29 is 24.2 Å². The van der Waals surface area contributed by atoms with Crippen LogP contribution in [0.1, 0.15) is 42.5 Å². The number of aliphatic hydroxyl groups excluding tert-OH is 1. The predicted octanol–water partition coefficient (Wildman–Crippen LogP) is 0.657. The zero-order valence-electron chi connectivity index (χ0n) is 20.4. The first kappa shape index (κ1) is 24.2. The lowest BCUT2D eigenvalue weighted by molar-refractivity contribution is -0.139. The number of carbonyl (C=O) groups excluding carboxylic acids is 3. The number of ether oxygens (including phenoxy) is 1. The standard InChI is InChI=1S/C26H36N4O5/c1-28-11-13-29(14-12-28)19-9-7-18(8-10-19)25(33)27-22(17-5-3-2-4-6-17)26(34)30-15-20(31)24-23(30)21(32)16-35-24/h7-10,17,20,22-24,31H,2-6,11-16H2,1H3,(H,27,33)/t20-,22+,23-,24-/m1/s1. The number of amides is 2. The maximum Gasteiger partial charge on any atom is 0.251 e. The second-order valence-corrected chi connectivity index (χ2v) is 10.4. The van der Waals surface area contributed by atoms with Crippen LogP contribution in [0.5, 0.6) is 0 Å². The van der Waals surface area contributed by atoms with E-state index < -0.39 is 24.3 Å². The number of fused-ring (bicyclic) bond motifs is 1. The zero-order valence-corrected chi connectivity index (χ0v) is 20.4. The Labute approximate surface area is 206 Å². The first-order valence-corrected chi connectivity index (χ1v) is 12.9.